The van der Waals surface area contributed by atoms with Crippen molar-refractivity contribution in [3.05, 3.63) is 90.0 Å². The van der Waals surface area contributed by atoms with Crippen molar-refractivity contribution in [1.29, 1.82) is 0 Å². The average molecular weight is 621 g/mol. The Morgan fingerprint density at radius 2 is 1.67 bits per heavy atom. The number of halogens is 3. The number of benzene rings is 3. The SMILES string of the molecule is C[C@H]1OC(c2ccc(OCCCO)cc2)=N[C@@]1(CCS(=O)(=O)c1ccccc1)C(=O)NCc1ccc(OC(F)(F)F)cc1. The van der Waals surface area contributed by atoms with Gasteiger partial charge in [-0.3, -0.25) is 4.79 Å². The second-order valence-corrected chi connectivity index (χ2v) is 11.9. The van der Waals surface area contributed by atoms with Gasteiger partial charge in [0.2, 0.25) is 5.90 Å². The number of nitrogens with one attached hydrogen (secondary N) is 1. The number of ether oxygens (including phenoxy) is 3. The van der Waals surface area contributed by atoms with Crippen LogP contribution in [0.4, 0.5) is 13.2 Å². The van der Waals surface area contributed by atoms with E-state index in [0.29, 0.717) is 29.9 Å². The van der Waals surface area contributed by atoms with Crippen LogP contribution in [0.2, 0.25) is 0 Å². The summed E-state index contributed by atoms with van der Waals surface area (Å²) in [5, 5.41) is 11.7. The predicted molar refractivity (Wildman–Crippen MR) is 152 cm³/mol. The van der Waals surface area contributed by atoms with Gasteiger partial charge in [-0.1, -0.05) is 30.3 Å². The molecule has 2 N–H and O–H groups in total. The Morgan fingerprint density at radius 3 is 2.30 bits per heavy atom. The lowest BCUT2D eigenvalue weighted by atomic mass is 9.90. The van der Waals surface area contributed by atoms with Crippen LogP contribution < -0.4 is 14.8 Å². The molecule has 2 atom stereocenters. The first-order valence-electron chi connectivity index (χ1n) is 13.4. The number of carbonyl (C=O) groups is 1. The molecule has 43 heavy (non-hydrogen) atoms. The number of sulfone groups is 1. The first-order chi connectivity index (χ1) is 20.4. The fraction of sp³-hybridized carbons (Fsp3) is 0.333. The number of rotatable bonds is 13. The molecule has 13 heteroatoms. The Balaban J connectivity index is 1.56. The minimum Gasteiger partial charge on any atom is -0.494 e. The molecule has 1 aliphatic rings. The molecule has 0 saturated carbocycles. The maximum atomic E-state index is 13.7. The van der Waals surface area contributed by atoms with Crippen molar-refractivity contribution in [3.8, 4) is 11.5 Å². The molecule has 0 fully saturated rings. The Hall–Kier alpha value is -4.10. The van der Waals surface area contributed by atoms with E-state index in [1.54, 1.807) is 49.4 Å². The number of amides is 1. The van der Waals surface area contributed by atoms with Crippen LogP contribution in [-0.4, -0.2) is 62.3 Å². The molecule has 9 nitrogen and oxygen atoms in total. The monoisotopic (exact) mass is 620 g/mol. The molecular formula is C30H31F3N2O7S. The molecular weight excluding hydrogens is 589 g/mol. The van der Waals surface area contributed by atoms with E-state index in [9.17, 15) is 26.4 Å². The van der Waals surface area contributed by atoms with E-state index in [1.807, 2.05) is 0 Å². The van der Waals surface area contributed by atoms with E-state index in [4.69, 9.17) is 14.6 Å². The molecule has 4 rings (SSSR count). The van der Waals surface area contributed by atoms with Crippen molar-refractivity contribution in [2.45, 2.75) is 49.2 Å². The van der Waals surface area contributed by atoms with Gasteiger partial charge in [0.1, 0.15) is 17.6 Å². The summed E-state index contributed by atoms with van der Waals surface area (Å²) < 4.78 is 79.2. The molecule has 0 spiro atoms. The highest BCUT2D eigenvalue weighted by molar-refractivity contribution is 7.91. The Labute approximate surface area is 247 Å². The summed E-state index contributed by atoms with van der Waals surface area (Å²) in [7, 11) is -3.77. The maximum Gasteiger partial charge on any atom is 0.573 e. The van der Waals surface area contributed by atoms with Crippen molar-refractivity contribution in [3.63, 3.8) is 0 Å². The summed E-state index contributed by atoms with van der Waals surface area (Å²) >= 11 is 0. The van der Waals surface area contributed by atoms with E-state index in [0.717, 1.165) is 12.1 Å². The van der Waals surface area contributed by atoms with Gasteiger partial charge in [0.25, 0.3) is 5.91 Å². The van der Waals surface area contributed by atoms with Gasteiger partial charge in [0, 0.05) is 25.1 Å². The first kappa shape index (κ1) is 31.8. The number of aliphatic hydroxyl groups is 1. The summed E-state index contributed by atoms with van der Waals surface area (Å²) in [4.78, 5) is 18.5. The number of aliphatic imine (C=N–C) groups is 1. The summed E-state index contributed by atoms with van der Waals surface area (Å²) in [5.41, 5.74) is -0.586. The molecule has 0 bridgehead atoms. The highest BCUT2D eigenvalue weighted by Crippen LogP contribution is 2.34. The van der Waals surface area contributed by atoms with Crippen LogP contribution in [0.5, 0.6) is 11.5 Å². The Kier molecular flexibility index (Phi) is 9.97. The second-order valence-electron chi connectivity index (χ2n) is 9.81. The molecule has 1 heterocycles. The van der Waals surface area contributed by atoms with Gasteiger partial charge in [-0.05, 0) is 67.4 Å². The van der Waals surface area contributed by atoms with E-state index >= 15 is 0 Å². The van der Waals surface area contributed by atoms with Crippen LogP contribution in [0.15, 0.2) is 88.8 Å². The molecule has 0 unspecified atom stereocenters. The fourth-order valence-corrected chi connectivity index (χ4v) is 5.82. The van der Waals surface area contributed by atoms with Gasteiger partial charge in [-0.25, -0.2) is 13.4 Å². The van der Waals surface area contributed by atoms with E-state index in [-0.39, 0.29) is 30.4 Å². The number of nitrogens with zero attached hydrogens (tertiary/aromatic N) is 1. The van der Waals surface area contributed by atoms with Crippen LogP contribution in [0.1, 0.15) is 30.9 Å². The van der Waals surface area contributed by atoms with Gasteiger partial charge < -0.3 is 24.6 Å². The molecule has 3 aromatic rings. The maximum absolute atomic E-state index is 13.7. The van der Waals surface area contributed by atoms with E-state index in [2.05, 4.69) is 15.0 Å². The van der Waals surface area contributed by atoms with Gasteiger partial charge in [-0.15, -0.1) is 13.2 Å². The van der Waals surface area contributed by atoms with Crippen molar-refractivity contribution in [1.82, 2.24) is 5.32 Å². The van der Waals surface area contributed by atoms with Crippen molar-refractivity contribution in [2.24, 2.45) is 4.99 Å². The minimum absolute atomic E-state index is 0.00252. The zero-order valence-corrected chi connectivity index (χ0v) is 24.0. The van der Waals surface area contributed by atoms with Crippen LogP contribution in [-0.2, 0) is 25.9 Å². The van der Waals surface area contributed by atoms with E-state index in [1.165, 1.54) is 24.3 Å². The molecule has 230 valence electrons. The van der Waals surface area contributed by atoms with Crippen LogP contribution in [0.3, 0.4) is 0 Å². The third-order valence-electron chi connectivity index (χ3n) is 6.79. The Bertz CT molecular complexity index is 1510. The summed E-state index contributed by atoms with van der Waals surface area (Å²) in [6.45, 7) is 1.90. The average Bonchev–Trinajstić information content (AvgIpc) is 3.33. The predicted octanol–water partition coefficient (Wildman–Crippen LogP) is 4.43. The minimum atomic E-state index is -4.83. The zero-order valence-electron chi connectivity index (χ0n) is 23.2. The van der Waals surface area contributed by atoms with Crippen LogP contribution in [0.25, 0.3) is 0 Å². The van der Waals surface area contributed by atoms with Crippen molar-refractivity contribution < 1.29 is 45.7 Å². The molecule has 1 aliphatic heterocycles. The van der Waals surface area contributed by atoms with Gasteiger partial charge in [0.05, 0.1) is 17.3 Å². The lowest BCUT2D eigenvalue weighted by Gasteiger charge is -2.28. The third kappa shape index (κ3) is 8.26. The van der Waals surface area contributed by atoms with Gasteiger partial charge in [-0.2, -0.15) is 0 Å². The van der Waals surface area contributed by atoms with Gasteiger partial charge >= 0.3 is 6.36 Å². The van der Waals surface area contributed by atoms with Crippen LogP contribution >= 0.6 is 0 Å². The largest absolute Gasteiger partial charge is 0.573 e. The normalized spacial score (nSPS) is 18.4. The number of hydrogen-bond donors (Lipinski definition) is 2. The number of alkyl halides is 3. The van der Waals surface area contributed by atoms with Gasteiger partial charge in [0.15, 0.2) is 15.4 Å². The smallest absolute Gasteiger partial charge is 0.494 e. The fourth-order valence-electron chi connectivity index (χ4n) is 4.43. The number of carbonyl (C=O) groups excluding carboxylic acids is 1. The molecule has 0 aromatic heterocycles. The van der Waals surface area contributed by atoms with Crippen LogP contribution in [0, 0.1) is 0 Å². The number of aliphatic hydroxyl groups excluding tert-OH is 1. The van der Waals surface area contributed by atoms with Crippen molar-refractivity contribution in [2.75, 3.05) is 19.0 Å². The Morgan fingerprint density at radius 1 is 1.02 bits per heavy atom. The quantitative estimate of drug-likeness (QED) is 0.271. The van der Waals surface area contributed by atoms with Crippen molar-refractivity contribution >= 4 is 21.6 Å². The summed E-state index contributed by atoms with van der Waals surface area (Å²) in [6.07, 6.45) is -5.40. The second kappa shape index (κ2) is 13.5. The highest BCUT2D eigenvalue weighted by atomic mass is 32.2. The summed E-state index contributed by atoms with van der Waals surface area (Å²) in [6, 6.07) is 19.6. The molecule has 0 aliphatic carbocycles. The molecule has 1 amide bonds. The highest BCUT2D eigenvalue weighted by Gasteiger charge is 2.50. The molecule has 3 aromatic carbocycles. The lowest BCUT2D eigenvalue weighted by molar-refractivity contribution is -0.274. The van der Waals surface area contributed by atoms with E-state index < -0.39 is 45.3 Å². The lowest BCUT2D eigenvalue weighted by Crippen LogP contribution is -2.51. The standard InChI is InChI=1S/C30H31F3N2O7S/c1-21-29(16-19-43(38,39)26-6-3-2-4-7-26,28(37)34-20-22-8-12-25(13-9-22)42-30(31,32)33)35-27(41-21)23-10-14-24(15-11-23)40-18-5-17-36/h2-4,6-15,21,36H,5,16-20H2,1H3,(H,34,37)/t21-,29-/m1/s1. The zero-order chi connectivity index (χ0) is 31.1. The molecule has 0 radical (unpaired) electrons. The summed E-state index contributed by atoms with van der Waals surface area (Å²) in [5.74, 6) is -0.681. The molecule has 0 saturated heterocycles. The number of hydrogen-bond acceptors (Lipinski definition) is 8. The first-order valence-corrected chi connectivity index (χ1v) is 15.1. The topological polar surface area (TPSA) is 124 Å². The third-order valence-corrected chi connectivity index (χ3v) is 8.52.